The molecular formula is C15H23NO. The van der Waals surface area contributed by atoms with Crippen LogP contribution in [-0.2, 0) is 0 Å². The lowest BCUT2D eigenvalue weighted by Crippen LogP contribution is -2.25. The summed E-state index contributed by atoms with van der Waals surface area (Å²) >= 11 is 0. The molecule has 0 aliphatic heterocycles. The van der Waals surface area contributed by atoms with Crippen LogP contribution in [0, 0.1) is 24.7 Å². The second-order valence-corrected chi connectivity index (χ2v) is 5.80. The molecule has 1 aliphatic carbocycles. The largest absolute Gasteiger partial charge is 0.388 e. The van der Waals surface area contributed by atoms with Crippen LogP contribution in [0.4, 0.5) is 0 Å². The van der Waals surface area contributed by atoms with Crippen LogP contribution in [0.15, 0.2) is 18.3 Å². The summed E-state index contributed by atoms with van der Waals surface area (Å²) in [6, 6.07) is 3.93. The predicted octanol–water partition coefficient (Wildman–Crippen LogP) is 3.50. The monoisotopic (exact) mass is 233 g/mol. The van der Waals surface area contributed by atoms with Gasteiger partial charge in [-0.15, -0.1) is 0 Å². The molecule has 1 aromatic heterocycles. The third-order valence-corrected chi connectivity index (χ3v) is 4.03. The third-order valence-electron chi connectivity index (χ3n) is 4.03. The first-order valence-corrected chi connectivity index (χ1v) is 6.67. The van der Waals surface area contributed by atoms with E-state index in [2.05, 4.69) is 18.8 Å². The Kier molecular flexibility index (Phi) is 3.82. The summed E-state index contributed by atoms with van der Waals surface area (Å²) in [5.74, 6) is 1.86. The van der Waals surface area contributed by atoms with Crippen LogP contribution < -0.4 is 0 Å². The van der Waals surface area contributed by atoms with E-state index < -0.39 is 0 Å². The van der Waals surface area contributed by atoms with Gasteiger partial charge in [0.2, 0.25) is 0 Å². The first-order chi connectivity index (χ1) is 8.08. The Hall–Kier alpha value is -0.890. The van der Waals surface area contributed by atoms with Crippen molar-refractivity contribution in [3.8, 4) is 0 Å². The standard InChI is InChI=1S/C15H23NO/c1-10-7-11(2)9-13(8-10)15(17)14-5-4-6-16-12(14)3/h4-6,10-11,13,15,17H,7-9H2,1-3H3. The van der Waals surface area contributed by atoms with Crippen molar-refractivity contribution in [1.29, 1.82) is 0 Å². The van der Waals surface area contributed by atoms with Crippen LogP contribution in [0.2, 0.25) is 0 Å². The molecule has 0 spiro atoms. The van der Waals surface area contributed by atoms with Gasteiger partial charge in [-0.2, -0.15) is 0 Å². The number of aryl methyl sites for hydroxylation is 1. The molecule has 0 aromatic carbocycles. The van der Waals surface area contributed by atoms with Crippen molar-refractivity contribution >= 4 is 0 Å². The van der Waals surface area contributed by atoms with Crippen LogP contribution >= 0.6 is 0 Å². The Morgan fingerprint density at radius 2 is 1.88 bits per heavy atom. The molecule has 1 aliphatic rings. The molecule has 94 valence electrons. The zero-order valence-electron chi connectivity index (χ0n) is 11.1. The second kappa shape index (κ2) is 5.18. The molecule has 2 heteroatoms. The maximum absolute atomic E-state index is 10.5. The van der Waals surface area contributed by atoms with Crippen molar-refractivity contribution in [2.75, 3.05) is 0 Å². The first-order valence-electron chi connectivity index (χ1n) is 6.67. The van der Waals surface area contributed by atoms with Gasteiger partial charge in [0.05, 0.1) is 6.10 Å². The second-order valence-electron chi connectivity index (χ2n) is 5.80. The lowest BCUT2D eigenvalue weighted by molar-refractivity contribution is 0.0545. The van der Waals surface area contributed by atoms with Crippen LogP contribution in [0.1, 0.15) is 50.5 Å². The highest BCUT2D eigenvalue weighted by Gasteiger charge is 2.30. The van der Waals surface area contributed by atoms with Gasteiger partial charge in [-0.3, -0.25) is 4.98 Å². The number of aliphatic hydroxyl groups excluding tert-OH is 1. The highest BCUT2D eigenvalue weighted by molar-refractivity contribution is 5.21. The van der Waals surface area contributed by atoms with E-state index in [1.807, 2.05) is 19.1 Å². The highest BCUT2D eigenvalue weighted by atomic mass is 16.3. The van der Waals surface area contributed by atoms with Crippen molar-refractivity contribution < 1.29 is 5.11 Å². The quantitative estimate of drug-likeness (QED) is 0.848. The van der Waals surface area contributed by atoms with Gasteiger partial charge in [0.1, 0.15) is 0 Å². The Morgan fingerprint density at radius 3 is 2.47 bits per heavy atom. The summed E-state index contributed by atoms with van der Waals surface area (Å²) in [6.07, 6.45) is 5.03. The summed E-state index contributed by atoms with van der Waals surface area (Å²) in [5, 5.41) is 10.5. The van der Waals surface area contributed by atoms with E-state index in [9.17, 15) is 5.11 Å². The van der Waals surface area contributed by atoms with Crippen LogP contribution in [-0.4, -0.2) is 10.1 Å². The molecular weight excluding hydrogens is 210 g/mol. The molecule has 3 atom stereocenters. The lowest BCUT2D eigenvalue weighted by Gasteiger charge is -2.34. The Bertz CT molecular complexity index is 367. The summed E-state index contributed by atoms with van der Waals surface area (Å²) in [5.41, 5.74) is 1.98. The van der Waals surface area contributed by atoms with E-state index in [0.29, 0.717) is 5.92 Å². The van der Waals surface area contributed by atoms with Crippen molar-refractivity contribution in [3.05, 3.63) is 29.6 Å². The fraction of sp³-hybridized carbons (Fsp3) is 0.667. The Morgan fingerprint density at radius 1 is 1.24 bits per heavy atom. The van der Waals surface area contributed by atoms with E-state index in [1.165, 1.54) is 6.42 Å². The van der Waals surface area contributed by atoms with Crippen LogP contribution in [0.3, 0.4) is 0 Å². The molecule has 1 fully saturated rings. The molecule has 0 amide bonds. The summed E-state index contributed by atoms with van der Waals surface area (Å²) in [6.45, 7) is 6.57. The molecule has 1 heterocycles. The number of nitrogens with zero attached hydrogens (tertiary/aromatic N) is 1. The van der Waals surface area contributed by atoms with Crippen LogP contribution in [0.5, 0.6) is 0 Å². The number of aliphatic hydroxyl groups is 1. The van der Waals surface area contributed by atoms with Gasteiger partial charge in [0.15, 0.2) is 0 Å². The van der Waals surface area contributed by atoms with E-state index in [4.69, 9.17) is 0 Å². The van der Waals surface area contributed by atoms with E-state index in [1.54, 1.807) is 6.20 Å². The topological polar surface area (TPSA) is 33.1 Å². The van der Waals surface area contributed by atoms with Gasteiger partial charge in [-0.1, -0.05) is 19.9 Å². The van der Waals surface area contributed by atoms with E-state index in [0.717, 1.165) is 35.9 Å². The van der Waals surface area contributed by atoms with Crippen LogP contribution in [0.25, 0.3) is 0 Å². The maximum atomic E-state index is 10.5. The number of rotatable bonds is 2. The minimum absolute atomic E-state index is 0.339. The van der Waals surface area contributed by atoms with Gasteiger partial charge in [-0.25, -0.2) is 0 Å². The Labute approximate surface area is 104 Å². The molecule has 0 radical (unpaired) electrons. The number of pyridine rings is 1. The molecule has 17 heavy (non-hydrogen) atoms. The molecule has 1 aromatic rings. The molecule has 1 N–H and O–H groups in total. The number of hydrogen-bond donors (Lipinski definition) is 1. The molecule has 2 rings (SSSR count). The SMILES string of the molecule is Cc1ncccc1C(O)C1CC(C)CC(C)C1. The maximum Gasteiger partial charge on any atom is 0.0835 e. The summed E-state index contributed by atoms with van der Waals surface area (Å²) in [7, 11) is 0. The van der Waals surface area contributed by atoms with Gasteiger partial charge in [0.25, 0.3) is 0 Å². The normalized spacial score (nSPS) is 31.2. The summed E-state index contributed by atoms with van der Waals surface area (Å²) in [4.78, 5) is 4.27. The fourth-order valence-corrected chi connectivity index (χ4v) is 3.33. The first kappa shape index (κ1) is 12.6. The minimum Gasteiger partial charge on any atom is -0.388 e. The predicted molar refractivity (Wildman–Crippen MR) is 69.6 cm³/mol. The van der Waals surface area contributed by atoms with Crippen molar-refractivity contribution in [3.63, 3.8) is 0 Å². The molecule has 2 nitrogen and oxygen atoms in total. The molecule has 3 unspecified atom stereocenters. The highest BCUT2D eigenvalue weighted by Crippen LogP contribution is 2.40. The third kappa shape index (κ3) is 2.86. The van der Waals surface area contributed by atoms with Gasteiger partial charge in [-0.05, 0) is 50.0 Å². The zero-order valence-corrected chi connectivity index (χ0v) is 11.1. The number of hydrogen-bond acceptors (Lipinski definition) is 2. The average molecular weight is 233 g/mol. The lowest BCUT2D eigenvalue weighted by atomic mass is 9.73. The van der Waals surface area contributed by atoms with Gasteiger partial charge in [0, 0.05) is 17.5 Å². The van der Waals surface area contributed by atoms with Gasteiger partial charge >= 0.3 is 0 Å². The molecule has 0 bridgehead atoms. The minimum atomic E-state index is -0.339. The van der Waals surface area contributed by atoms with Gasteiger partial charge < -0.3 is 5.11 Å². The van der Waals surface area contributed by atoms with E-state index in [-0.39, 0.29) is 6.10 Å². The fourth-order valence-electron chi connectivity index (χ4n) is 3.33. The molecule has 1 saturated carbocycles. The molecule has 0 saturated heterocycles. The summed E-state index contributed by atoms with van der Waals surface area (Å²) < 4.78 is 0. The van der Waals surface area contributed by atoms with Crippen molar-refractivity contribution in [2.24, 2.45) is 17.8 Å². The van der Waals surface area contributed by atoms with Crippen molar-refractivity contribution in [2.45, 2.75) is 46.1 Å². The zero-order chi connectivity index (χ0) is 12.4. The van der Waals surface area contributed by atoms with E-state index >= 15 is 0 Å². The Balaban J connectivity index is 2.14. The average Bonchev–Trinajstić information content (AvgIpc) is 2.27. The van der Waals surface area contributed by atoms with Crippen molar-refractivity contribution in [1.82, 2.24) is 4.98 Å². The number of aromatic nitrogens is 1. The smallest absolute Gasteiger partial charge is 0.0835 e.